The molecule has 2 aliphatic rings. The Balaban J connectivity index is 0.00000300. The molecule has 1 atom stereocenters. The molecule has 29 heavy (non-hydrogen) atoms. The second-order valence-electron chi connectivity index (χ2n) is 7.32. The summed E-state index contributed by atoms with van der Waals surface area (Å²) in [4.78, 5) is 6.95. The number of rotatable bonds is 8. The lowest BCUT2D eigenvalue weighted by atomic mass is 10.0. The number of nitrogens with zero attached hydrogens (tertiary/aromatic N) is 2. The van der Waals surface area contributed by atoms with Crippen LogP contribution in [0.15, 0.2) is 40.9 Å². The average molecular weight is 514 g/mol. The first kappa shape index (κ1) is 24.0. The number of likely N-dealkylation sites (tertiary alicyclic amines) is 1. The summed E-state index contributed by atoms with van der Waals surface area (Å²) in [6, 6.07) is 8.62. The molecular weight excluding hydrogens is 479 g/mol. The smallest absolute Gasteiger partial charge is 0.191 e. The van der Waals surface area contributed by atoms with Gasteiger partial charge in [-0.25, -0.2) is 0 Å². The van der Waals surface area contributed by atoms with E-state index in [4.69, 9.17) is 9.47 Å². The lowest BCUT2D eigenvalue weighted by Crippen LogP contribution is -2.43. The summed E-state index contributed by atoms with van der Waals surface area (Å²) in [5.74, 6) is 1.81. The maximum absolute atomic E-state index is 5.63. The summed E-state index contributed by atoms with van der Waals surface area (Å²) in [7, 11) is 3.58. The molecule has 1 saturated heterocycles. The summed E-state index contributed by atoms with van der Waals surface area (Å²) in [6.45, 7) is 5.54. The number of hydrogen-bond donors (Lipinski definition) is 2. The average Bonchev–Trinajstić information content (AvgIpc) is 3.28. The minimum atomic E-state index is 0. The van der Waals surface area contributed by atoms with Crippen LogP contribution in [-0.2, 0) is 4.74 Å². The zero-order valence-corrected chi connectivity index (χ0v) is 20.0. The highest BCUT2D eigenvalue weighted by molar-refractivity contribution is 14.0. The molecule has 0 aromatic heterocycles. The van der Waals surface area contributed by atoms with E-state index in [-0.39, 0.29) is 30.0 Å². The van der Waals surface area contributed by atoms with Crippen molar-refractivity contribution >= 4 is 29.9 Å². The monoisotopic (exact) mass is 514 g/mol. The minimum Gasteiger partial charge on any atom is -0.496 e. The van der Waals surface area contributed by atoms with Gasteiger partial charge in [0, 0.05) is 25.7 Å². The molecule has 1 aromatic carbocycles. The van der Waals surface area contributed by atoms with Gasteiger partial charge in [0.05, 0.1) is 26.4 Å². The van der Waals surface area contributed by atoms with Crippen molar-refractivity contribution in [2.75, 3.05) is 53.6 Å². The lowest BCUT2D eigenvalue weighted by Gasteiger charge is -2.30. The van der Waals surface area contributed by atoms with Crippen LogP contribution in [0.1, 0.15) is 37.3 Å². The third kappa shape index (κ3) is 7.15. The summed E-state index contributed by atoms with van der Waals surface area (Å²) in [6.07, 6.45) is 6.80. The number of hydrogen-bond acceptors (Lipinski definition) is 4. The van der Waals surface area contributed by atoms with Gasteiger partial charge in [-0.1, -0.05) is 29.8 Å². The Labute approximate surface area is 192 Å². The maximum atomic E-state index is 5.63. The highest BCUT2D eigenvalue weighted by atomic mass is 127. The van der Waals surface area contributed by atoms with Crippen LogP contribution in [0.25, 0.3) is 0 Å². The van der Waals surface area contributed by atoms with E-state index in [9.17, 15) is 0 Å². The molecule has 2 aliphatic heterocycles. The Bertz CT molecular complexity index is 675. The molecule has 162 valence electrons. The van der Waals surface area contributed by atoms with Gasteiger partial charge in [-0.3, -0.25) is 9.89 Å². The number of benzene rings is 1. The number of methoxy groups -OCH3 is 1. The predicted octanol–water partition coefficient (Wildman–Crippen LogP) is 3.35. The fourth-order valence-corrected chi connectivity index (χ4v) is 3.98. The Morgan fingerprint density at radius 1 is 1.24 bits per heavy atom. The van der Waals surface area contributed by atoms with Crippen molar-refractivity contribution in [3.8, 4) is 5.75 Å². The topological polar surface area (TPSA) is 58.1 Å². The molecule has 0 saturated carbocycles. The summed E-state index contributed by atoms with van der Waals surface area (Å²) in [5.41, 5.74) is 2.71. The Kier molecular flexibility index (Phi) is 10.8. The van der Waals surface area contributed by atoms with Gasteiger partial charge in [0.25, 0.3) is 0 Å². The van der Waals surface area contributed by atoms with Crippen LogP contribution in [0, 0.1) is 0 Å². The Morgan fingerprint density at radius 3 is 2.72 bits per heavy atom. The molecule has 7 heteroatoms. The zero-order valence-electron chi connectivity index (χ0n) is 17.7. The van der Waals surface area contributed by atoms with Crippen molar-refractivity contribution in [1.82, 2.24) is 15.5 Å². The van der Waals surface area contributed by atoms with Gasteiger partial charge in [-0.15, -0.1) is 24.0 Å². The fourth-order valence-electron chi connectivity index (χ4n) is 3.98. The third-order valence-corrected chi connectivity index (χ3v) is 5.56. The van der Waals surface area contributed by atoms with Crippen molar-refractivity contribution < 1.29 is 9.47 Å². The largest absolute Gasteiger partial charge is 0.496 e. The fraction of sp³-hybridized carbons (Fsp3) is 0.591. The molecule has 6 nitrogen and oxygen atoms in total. The van der Waals surface area contributed by atoms with E-state index in [1.54, 1.807) is 7.11 Å². The summed E-state index contributed by atoms with van der Waals surface area (Å²) >= 11 is 0. The first-order valence-corrected chi connectivity index (χ1v) is 10.4. The predicted molar refractivity (Wildman–Crippen MR) is 129 cm³/mol. The number of para-hydroxylation sites is 1. The van der Waals surface area contributed by atoms with Crippen molar-refractivity contribution in [3.63, 3.8) is 0 Å². The normalized spacial score (nSPS) is 18.6. The van der Waals surface area contributed by atoms with Crippen LogP contribution in [0.4, 0.5) is 0 Å². The molecule has 2 heterocycles. The molecule has 0 spiro atoms. The highest BCUT2D eigenvalue weighted by Gasteiger charge is 2.26. The molecule has 1 unspecified atom stereocenters. The van der Waals surface area contributed by atoms with Crippen molar-refractivity contribution in [2.45, 2.75) is 31.7 Å². The van der Waals surface area contributed by atoms with Gasteiger partial charge in [0.2, 0.25) is 0 Å². The Morgan fingerprint density at radius 2 is 2.03 bits per heavy atom. The molecule has 3 rings (SSSR count). The molecule has 0 aliphatic carbocycles. The molecule has 0 bridgehead atoms. The van der Waals surface area contributed by atoms with Gasteiger partial charge in [0.1, 0.15) is 5.75 Å². The lowest BCUT2D eigenvalue weighted by molar-refractivity contribution is 0.153. The van der Waals surface area contributed by atoms with Crippen LogP contribution in [0.5, 0.6) is 5.75 Å². The quantitative estimate of drug-likeness (QED) is 0.241. The summed E-state index contributed by atoms with van der Waals surface area (Å²) in [5, 5.41) is 6.98. The molecule has 1 fully saturated rings. The zero-order chi connectivity index (χ0) is 19.6. The van der Waals surface area contributed by atoms with E-state index in [1.807, 2.05) is 19.2 Å². The van der Waals surface area contributed by atoms with Crippen LogP contribution in [0.3, 0.4) is 0 Å². The third-order valence-electron chi connectivity index (χ3n) is 5.56. The number of halogens is 1. The number of aliphatic imine (C=N–C) groups is 1. The van der Waals surface area contributed by atoms with Gasteiger partial charge >= 0.3 is 0 Å². The SMILES string of the molecule is CN=C(NCCC1=CCOCC1)NCC(c1ccccc1OC)N1CCCC1.I. The number of ether oxygens (including phenoxy) is 2. The maximum Gasteiger partial charge on any atom is 0.191 e. The van der Waals surface area contributed by atoms with E-state index >= 15 is 0 Å². The number of guanidine groups is 1. The first-order valence-electron chi connectivity index (χ1n) is 10.4. The molecule has 0 amide bonds. The second kappa shape index (κ2) is 13.1. The minimum absolute atomic E-state index is 0. The van der Waals surface area contributed by atoms with E-state index in [1.165, 1.54) is 24.0 Å². The van der Waals surface area contributed by atoms with Crippen LogP contribution >= 0.6 is 24.0 Å². The molecule has 1 aromatic rings. The van der Waals surface area contributed by atoms with Crippen LogP contribution in [-0.4, -0.2) is 64.4 Å². The number of nitrogens with one attached hydrogen (secondary N) is 2. The van der Waals surface area contributed by atoms with Gasteiger partial charge in [-0.05, 0) is 44.8 Å². The standard InChI is InChI=1S/C22H34N4O2.HI/c1-23-22(24-12-9-18-10-15-28-16-11-18)25-17-20(26-13-5-6-14-26)19-7-3-4-8-21(19)27-2;/h3-4,7-8,10,20H,5-6,9,11-17H2,1-2H3,(H2,23,24,25);1H. The van der Waals surface area contributed by atoms with Crippen LogP contribution < -0.4 is 15.4 Å². The molecule has 2 N–H and O–H groups in total. The van der Waals surface area contributed by atoms with Gasteiger partial charge < -0.3 is 20.1 Å². The molecular formula is C22H35IN4O2. The van der Waals surface area contributed by atoms with Crippen molar-refractivity contribution in [2.24, 2.45) is 4.99 Å². The highest BCUT2D eigenvalue weighted by Crippen LogP contribution is 2.31. The van der Waals surface area contributed by atoms with Crippen molar-refractivity contribution in [3.05, 3.63) is 41.5 Å². The van der Waals surface area contributed by atoms with Gasteiger partial charge in [0.15, 0.2) is 5.96 Å². The van der Waals surface area contributed by atoms with Crippen molar-refractivity contribution in [1.29, 1.82) is 0 Å². The second-order valence-corrected chi connectivity index (χ2v) is 7.32. The van der Waals surface area contributed by atoms with E-state index < -0.39 is 0 Å². The first-order chi connectivity index (χ1) is 13.8. The van der Waals surface area contributed by atoms with Gasteiger partial charge in [-0.2, -0.15) is 0 Å². The van der Waals surface area contributed by atoms with Crippen LogP contribution in [0.2, 0.25) is 0 Å². The molecule has 0 radical (unpaired) electrons. The Hall–Kier alpha value is -1.32. The summed E-state index contributed by atoms with van der Waals surface area (Å²) < 4.78 is 11.0. The van der Waals surface area contributed by atoms with E-state index in [0.29, 0.717) is 0 Å². The van der Waals surface area contributed by atoms with E-state index in [2.05, 4.69) is 38.7 Å². The van der Waals surface area contributed by atoms with E-state index in [0.717, 1.165) is 63.9 Å².